The van der Waals surface area contributed by atoms with Crippen molar-refractivity contribution < 1.29 is 25.8 Å². The standard InChI is InChI=1S/C13H14FN3O4S/c1-15-12-11(14)8-17(13(18)16(12)2)22(19,20)10-6-4-9(21-3)5-7-10/h4-8H,1-3H3/b15-12+/i1D3,2D3. The summed E-state index contributed by atoms with van der Waals surface area (Å²) in [6, 6.07) is 4.67. The molecule has 0 amide bonds. The van der Waals surface area contributed by atoms with Gasteiger partial charge in [0.05, 0.1) is 18.2 Å². The smallest absolute Gasteiger partial charge is 0.343 e. The van der Waals surface area contributed by atoms with Gasteiger partial charge in [-0.05, 0) is 24.3 Å². The van der Waals surface area contributed by atoms with E-state index in [4.69, 9.17) is 13.0 Å². The van der Waals surface area contributed by atoms with Crippen LogP contribution in [0.2, 0.25) is 0 Å². The Labute approximate surface area is 134 Å². The van der Waals surface area contributed by atoms with Crippen LogP contribution in [0.1, 0.15) is 8.22 Å². The molecular formula is C13H14FN3O4S. The van der Waals surface area contributed by atoms with Crippen molar-refractivity contribution in [2.75, 3.05) is 14.1 Å². The van der Waals surface area contributed by atoms with Crippen molar-refractivity contribution in [1.82, 2.24) is 8.54 Å². The molecular weight excluding hydrogens is 313 g/mol. The summed E-state index contributed by atoms with van der Waals surface area (Å²) in [5, 5.41) is 0. The van der Waals surface area contributed by atoms with E-state index in [9.17, 15) is 17.6 Å². The van der Waals surface area contributed by atoms with E-state index < -0.39 is 45.9 Å². The summed E-state index contributed by atoms with van der Waals surface area (Å²) in [6.07, 6.45) is 0.175. The molecule has 0 N–H and O–H groups in total. The van der Waals surface area contributed by atoms with Crippen molar-refractivity contribution in [2.45, 2.75) is 4.90 Å². The van der Waals surface area contributed by atoms with Crippen molar-refractivity contribution >= 4 is 10.0 Å². The van der Waals surface area contributed by atoms with Gasteiger partial charge < -0.3 is 4.74 Å². The van der Waals surface area contributed by atoms with E-state index in [1.807, 2.05) is 0 Å². The molecule has 118 valence electrons. The topological polar surface area (TPSA) is 82.7 Å². The summed E-state index contributed by atoms with van der Waals surface area (Å²) in [5.74, 6) is -1.31. The van der Waals surface area contributed by atoms with Crippen LogP contribution in [0, 0.1) is 5.82 Å². The van der Waals surface area contributed by atoms with E-state index in [2.05, 4.69) is 4.99 Å². The van der Waals surface area contributed by atoms with Gasteiger partial charge in [0.1, 0.15) is 5.75 Å². The Bertz CT molecular complexity index is 1120. The highest BCUT2D eigenvalue weighted by atomic mass is 32.2. The van der Waals surface area contributed by atoms with Gasteiger partial charge in [0.2, 0.25) is 0 Å². The van der Waals surface area contributed by atoms with Crippen molar-refractivity contribution in [1.29, 1.82) is 0 Å². The molecule has 0 saturated carbocycles. The monoisotopic (exact) mass is 333 g/mol. The highest BCUT2D eigenvalue weighted by Crippen LogP contribution is 2.17. The van der Waals surface area contributed by atoms with Crippen LogP contribution < -0.4 is 15.9 Å². The molecule has 0 aliphatic carbocycles. The summed E-state index contributed by atoms with van der Waals surface area (Å²) >= 11 is 0. The van der Waals surface area contributed by atoms with Gasteiger partial charge in [-0.25, -0.2) is 17.6 Å². The number of benzene rings is 1. The lowest BCUT2D eigenvalue weighted by molar-refractivity contribution is 0.414. The molecule has 0 aliphatic rings. The zero-order valence-corrected chi connectivity index (χ0v) is 12.0. The molecule has 0 fully saturated rings. The SMILES string of the molecule is [2H]C([2H])([2H])/N=c1\c(F)cn(S(=O)(=O)c2ccc(OC)cc2)c(=O)n1C([2H])([2H])[2H]. The summed E-state index contributed by atoms with van der Waals surface area (Å²) in [6.45, 7) is -6.57. The molecule has 0 radical (unpaired) electrons. The minimum Gasteiger partial charge on any atom is -0.497 e. The molecule has 0 atom stereocenters. The molecule has 0 bridgehead atoms. The van der Waals surface area contributed by atoms with Crippen LogP contribution in [0.15, 0.2) is 45.1 Å². The molecule has 0 aliphatic heterocycles. The maximum atomic E-state index is 14.5. The number of hydrogen-bond acceptors (Lipinski definition) is 5. The maximum absolute atomic E-state index is 14.5. The first-order chi connectivity index (χ1) is 12.7. The van der Waals surface area contributed by atoms with Crippen molar-refractivity contribution in [3.8, 4) is 5.75 Å². The first-order valence-corrected chi connectivity index (χ1v) is 7.13. The van der Waals surface area contributed by atoms with E-state index in [0.717, 1.165) is 12.1 Å². The molecule has 9 heteroatoms. The second-order valence-electron chi connectivity index (χ2n) is 4.01. The van der Waals surface area contributed by atoms with E-state index in [-0.39, 0.29) is 14.7 Å². The largest absolute Gasteiger partial charge is 0.497 e. The van der Waals surface area contributed by atoms with Crippen LogP contribution in [0.3, 0.4) is 0 Å². The number of methoxy groups -OCH3 is 1. The van der Waals surface area contributed by atoms with E-state index in [0.29, 0.717) is 5.75 Å². The van der Waals surface area contributed by atoms with Crippen molar-refractivity contribution in [3.63, 3.8) is 0 Å². The molecule has 1 aromatic carbocycles. The van der Waals surface area contributed by atoms with Gasteiger partial charge in [-0.15, -0.1) is 0 Å². The Kier molecular flexibility index (Phi) is 2.50. The molecule has 0 unspecified atom stereocenters. The average Bonchev–Trinajstić information content (AvgIpc) is 2.55. The number of aromatic nitrogens is 2. The van der Waals surface area contributed by atoms with Crippen molar-refractivity contribution in [2.24, 2.45) is 12.0 Å². The molecule has 1 heterocycles. The van der Waals surface area contributed by atoms with Crippen LogP contribution in [-0.2, 0) is 17.0 Å². The van der Waals surface area contributed by atoms with Crippen LogP contribution >= 0.6 is 0 Å². The molecule has 2 rings (SSSR count). The van der Waals surface area contributed by atoms with Crippen LogP contribution in [-0.4, -0.2) is 31.0 Å². The normalized spacial score (nSPS) is 17.6. The van der Waals surface area contributed by atoms with E-state index >= 15 is 0 Å². The average molecular weight is 333 g/mol. The Morgan fingerprint density at radius 1 is 1.32 bits per heavy atom. The van der Waals surface area contributed by atoms with E-state index in [1.165, 1.54) is 19.2 Å². The van der Waals surface area contributed by atoms with Gasteiger partial charge in [-0.1, -0.05) is 0 Å². The number of halogens is 1. The summed E-state index contributed by atoms with van der Waals surface area (Å²) in [7, 11) is -3.36. The fourth-order valence-electron chi connectivity index (χ4n) is 1.65. The highest BCUT2D eigenvalue weighted by Gasteiger charge is 2.21. The number of hydrogen-bond donors (Lipinski definition) is 0. The number of rotatable bonds is 3. The van der Waals surface area contributed by atoms with Gasteiger partial charge in [0.25, 0.3) is 10.0 Å². The van der Waals surface area contributed by atoms with Gasteiger partial charge in [0.15, 0.2) is 11.3 Å². The number of nitrogens with zero attached hydrogens (tertiary/aromatic N) is 3. The maximum Gasteiger partial charge on any atom is 0.343 e. The Morgan fingerprint density at radius 2 is 2.00 bits per heavy atom. The lowest BCUT2D eigenvalue weighted by Crippen LogP contribution is -2.42. The fraction of sp³-hybridized carbons (Fsp3) is 0.231. The zero-order valence-electron chi connectivity index (χ0n) is 17.1. The molecule has 1 aromatic heterocycles. The summed E-state index contributed by atoms with van der Waals surface area (Å²) in [4.78, 5) is 15.1. The first-order valence-electron chi connectivity index (χ1n) is 8.69. The fourth-order valence-corrected chi connectivity index (χ4v) is 2.87. The predicted octanol–water partition coefficient (Wildman–Crippen LogP) is 0.102. The van der Waals surface area contributed by atoms with Gasteiger partial charge >= 0.3 is 5.69 Å². The predicted molar refractivity (Wildman–Crippen MR) is 76.7 cm³/mol. The van der Waals surface area contributed by atoms with Gasteiger partial charge in [-0.2, -0.15) is 3.97 Å². The zero-order chi connectivity index (χ0) is 21.5. The summed E-state index contributed by atoms with van der Waals surface area (Å²) in [5.41, 5.74) is -3.02. The number of ether oxygens (including phenoxy) is 1. The molecule has 0 spiro atoms. The minimum atomic E-state index is -4.70. The van der Waals surface area contributed by atoms with Gasteiger partial charge in [-0.3, -0.25) is 9.56 Å². The lowest BCUT2D eigenvalue weighted by Gasteiger charge is -2.10. The van der Waals surface area contributed by atoms with Crippen LogP contribution in [0.25, 0.3) is 0 Å². The second-order valence-corrected chi connectivity index (χ2v) is 5.82. The summed E-state index contributed by atoms with van der Waals surface area (Å²) < 4.78 is 87.6. The second kappa shape index (κ2) is 5.76. The van der Waals surface area contributed by atoms with Crippen molar-refractivity contribution in [3.05, 3.63) is 52.3 Å². The molecule has 22 heavy (non-hydrogen) atoms. The third-order valence-corrected chi connectivity index (χ3v) is 4.41. The van der Waals surface area contributed by atoms with Crippen LogP contribution in [0.5, 0.6) is 5.75 Å². The minimum absolute atomic E-state index is 0.130. The highest BCUT2D eigenvalue weighted by molar-refractivity contribution is 7.90. The molecule has 2 aromatic rings. The first kappa shape index (κ1) is 9.57. The van der Waals surface area contributed by atoms with E-state index in [1.54, 1.807) is 0 Å². The lowest BCUT2D eigenvalue weighted by atomic mass is 10.3. The Morgan fingerprint density at radius 3 is 2.55 bits per heavy atom. The Hall–Kier alpha value is -2.42. The molecule has 0 saturated heterocycles. The molecule has 7 nitrogen and oxygen atoms in total. The third kappa shape index (κ3) is 2.54. The quantitative estimate of drug-likeness (QED) is 0.798. The third-order valence-electron chi connectivity index (χ3n) is 2.76. The van der Waals surface area contributed by atoms with Crippen LogP contribution in [0.4, 0.5) is 4.39 Å². The Balaban J connectivity index is 2.89. The van der Waals surface area contributed by atoms with Gasteiger partial charge in [0, 0.05) is 22.2 Å².